The lowest BCUT2D eigenvalue weighted by molar-refractivity contribution is -0.0892. The van der Waals surface area contributed by atoms with Gasteiger partial charge in [-0.15, -0.1) is 0 Å². The van der Waals surface area contributed by atoms with Crippen molar-refractivity contribution in [2.75, 3.05) is 6.61 Å². The summed E-state index contributed by atoms with van der Waals surface area (Å²) in [5.74, 6) is 0. The van der Waals surface area contributed by atoms with Gasteiger partial charge in [-0.1, -0.05) is 0 Å². The van der Waals surface area contributed by atoms with E-state index in [1.165, 1.54) is 0 Å². The number of ether oxygens (including phenoxy) is 3. The molecular weight excluding hydrogens is 179 g/mol. The van der Waals surface area contributed by atoms with Crippen LogP contribution in [0.15, 0.2) is 0 Å². The number of hydrogen-bond acceptors (Lipinski definition) is 3. The van der Waals surface area contributed by atoms with Crippen molar-refractivity contribution in [2.45, 2.75) is 58.1 Å². The molecule has 14 heavy (non-hydrogen) atoms. The Hall–Kier alpha value is -0.0551. The van der Waals surface area contributed by atoms with Gasteiger partial charge in [0.05, 0.1) is 18.8 Å². The smallest absolute Gasteiger partial charge is 0.112 e. The molecule has 4 heteroatoms. The second-order valence-corrected chi connectivity index (χ2v) is 4.17. The van der Waals surface area contributed by atoms with E-state index in [4.69, 9.17) is 22.1 Å². The van der Waals surface area contributed by atoms with Crippen LogP contribution in [0.3, 0.4) is 0 Å². The van der Waals surface area contributed by atoms with Gasteiger partial charge in [-0.3, -0.25) is 0 Å². The van der Waals surface area contributed by atoms with Gasteiger partial charge in [0.2, 0.25) is 0 Å². The Balaban J connectivity index is 2.48. The van der Waals surface area contributed by atoms with Crippen molar-refractivity contribution in [3.63, 3.8) is 0 Å². The number of hydrogen-bond donors (Lipinski definition) is 0. The quantitative estimate of drug-likeness (QED) is 0.633. The maximum absolute atomic E-state index is 5.77. The summed E-state index contributed by atoms with van der Waals surface area (Å²) >= 11 is 0. The maximum Gasteiger partial charge on any atom is 0.112 e. The Labute approximate surface area is 87.5 Å². The Morgan fingerprint density at radius 2 is 1.71 bits per heavy atom. The van der Waals surface area contributed by atoms with Crippen LogP contribution in [-0.4, -0.2) is 44.9 Å². The predicted molar refractivity (Wildman–Crippen MR) is 55.5 cm³/mol. The molecule has 1 aliphatic rings. The summed E-state index contributed by atoms with van der Waals surface area (Å²) in [4.78, 5) is 0. The van der Waals surface area contributed by atoms with E-state index in [1.807, 2.05) is 27.7 Å². The summed E-state index contributed by atoms with van der Waals surface area (Å²) < 4.78 is 16.6. The van der Waals surface area contributed by atoms with Crippen LogP contribution in [0.2, 0.25) is 0 Å². The van der Waals surface area contributed by atoms with Crippen LogP contribution in [0.5, 0.6) is 0 Å². The first-order valence-electron chi connectivity index (χ1n) is 5.18. The van der Waals surface area contributed by atoms with Crippen molar-refractivity contribution < 1.29 is 14.2 Å². The molecule has 1 unspecified atom stereocenters. The summed E-state index contributed by atoms with van der Waals surface area (Å²) in [7, 11) is 5.77. The average Bonchev–Trinajstić information content (AvgIpc) is 2.34. The lowest BCUT2D eigenvalue weighted by atomic mass is 9.93. The molecule has 3 atom stereocenters. The highest BCUT2D eigenvalue weighted by Gasteiger charge is 2.36. The van der Waals surface area contributed by atoms with E-state index in [2.05, 4.69) is 0 Å². The summed E-state index contributed by atoms with van der Waals surface area (Å²) in [5, 5.41) is 0. The highest BCUT2D eigenvalue weighted by Crippen LogP contribution is 2.21. The highest BCUT2D eigenvalue weighted by molar-refractivity contribution is 6.11. The summed E-state index contributed by atoms with van der Waals surface area (Å²) in [6, 6.07) is -0.360. The van der Waals surface area contributed by atoms with Gasteiger partial charge in [-0.2, -0.15) is 0 Å². The molecule has 1 aliphatic heterocycles. The molecule has 1 heterocycles. The third kappa shape index (κ3) is 3.26. The molecule has 1 rings (SSSR count). The Kier molecular flexibility index (Phi) is 4.42. The van der Waals surface area contributed by atoms with E-state index >= 15 is 0 Å². The largest absolute Gasteiger partial charge is 0.382 e. The van der Waals surface area contributed by atoms with Crippen molar-refractivity contribution in [1.29, 1.82) is 0 Å². The zero-order chi connectivity index (χ0) is 10.7. The van der Waals surface area contributed by atoms with Crippen LogP contribution in [0.4, 0.5) is 0 Å². The van der Waals surface area contributed by atoms with Gasteiger partial charge in [0.25, 0.3) is 0 Å². The maximum atomic E-state index is 5.77. The lowest BCUT2D eigenvalue weighted by Crippen LogP contribution is -2.38. The van der Waals surface area contributed by atoms with Gasteiger partial charge in [0.1, 0.15) is 20.1 Å². The second kappa shape index (κ2) is 5.15. The van der Waals surface area contributed by atoms with Crippen molar-refractivity contribution >= 4 is 7.85 Å². The van der Waals surface area contributed by atoms with Crippen LogP contribution in [-0.2, 0) is 14.2 Å². The van der Waals surface area contributed by atoms with E-state index < -0.39 is 0 Å². The number of rotatable bonds is 4. The van der Waals surface area contributed by atoms with Gasteiger partial charge >= 0.3 is 0 Å². The zero-order valence-corrected chi connectivity index (χ0v) is 9.40. The van der Waals surface area contributed by atoms with E-state index in [-0.39, 0.29) is 30.4 Å². The van der Waals surface area contributed by atoms with Crippen LogP contribution in [0.1, 0.15) is 27.7 Å². The first-order chi connectivity index (χ1) is 6.50. The van der Waals surface area contributed by atoms with E-state index in [0.29, 0.717) is 6.61 Å². The SMILES string of the molecule is [B][C@@H]1OCC(OC(C)C)[C@@H]1OC(C)C. The minimum Gasteiger partial charge on any atom is -0.382 e. The molecule has 0 aliphatic carbocycles. The molecule has 80 valence electrons. The monoisotopic (exact) mass is 198 g/mol. The molecule has 2 radical (unpaired) electrons. The van der Waals surface area contributed by atoms with E-state index in [0.717, 1.165) is 0 Å². The lowest BCUT2D eigenvalue weighted by Gasteiger charge is -2.25. The second-order valence-electron chi connectivity index (χ2n) is 4.17. The minimum absolute atomic E-state index is 0.0348. The van der Waals surface area contributed by atoms with E-state index in [1.54, 1.807) is 0 Å². The third-order valence-corrected chi connectivity index (χ3v) is 2.02. The first-order valence-corrected chi connectivity index (χ1v) is 5.18. The minimum atomic E-state index is -0.360. The summed E-state index contributed by atoms with van der Waals surface area (Å²) in [5.41, 5.74) is 0. The van der Waals surface area contributed by atoms with Gasteiger partial charge in [-0.25, -0.2) is 0 Å². The molecule has 3 nitrogen and oxygen atoms in total. The van der Waals surface area contributed by atoms with Crippen molar-refractivity contribution in [1.82, 2.24) is 0 Å². The third-order valence-electron chi connectivity index (χ3n) is 2.02. The van der Waals surface area contributed by atoms with Crippen LogP contribution >= 0.6 is 0 Å². The Morgan fingerprint density at radius 1 is 1.14 bits per heavy atom. The fourth-order valence-electron chi connectivity index (χ4n) is 1.55. The van der Waals surface area contributed by atoms with Crippen LogP contribution < -0.4 is 0 Å². The van der Waals surface area contributed by atoms with Gasteiger partial charge in [-0.05, 0) is 27.7 Å². The van der Waals surface area contributed by atoms with Gasteiger partial charge in [0, 0.05) is 6.00 Å². The Bertz CT molecular complexity index is 173. The highest BCUT2D eigenvalue weighted by atomic mass is 16.6. The molecule has 0 aromatic carbocycles. The predicted octanol–water partition coefficient (Wildman–Crippen LogP) is 1.10. The molecular formula is C10H19BO3. The molecule has 0 spiro atoms. The average molecular weight is 198 g/mol. The van der Waals surface area contributed by atoms with E-state index in [9.17, 15) is 0 Å². The molecule has 0 saturated carbocycles. The standard InChI is InChI=1S/C10H19BO3/c1-6(2)13-8-5-12-10(11)9(8)14-7(3)4/h6-10H,5H2,1-4H3/t8?,9-,10+/m0/s1. The normalized spacial score (nSPS) is 33.1. The topological polar surface area (TPSA) is 27.7 Å². The van der Waals surface area contributed by atoms with Gasteiger partial charge in [0.15, 0.2) is 0 Å². The van der Waals surface area contributed by atoms with Crippen LogP contribution in [0, 0.1) is 0 Å². The molecule has 0 bridgehead atoms. The summed E-state index contributed by atoms with van der Waals surface area (Å²) in [6.07, 6.45) is 0.142. The molecule has 0 aromatic heterocycles. The molecule has 0 aromatic rings. The fourth-order valence-corrected chi connectivity index (χ4v) is 1.55. The first kappa shape index (κ1) is 12.0. The molecule has 0 amide bonds. The van der Waals surface area contributed by atoms with Crippen molar-refractivity contribution in [3.05, 3.63) is 0 Å². The van der Waals surface area contributed by atoms with Crippen molar-refractivity contribution in [2.24, 2.45) is 0 Å². The molecule has 0 N–H and O–H groups in total. The van der Waals surface area contributed by atoms with Gasteiger partial charge < -0.3 is 14.2 Å². The fraction of sp³-hybridized carbons (Fsp3) is 1.00. The van der Waals surface area contributed by atoms with Crippen molar-refractivity contribution in [3.8, 4) is 0 Å². The molecule has 1 saturated heterocycles. The summed E-state index contributed by atoms with van der Waals surface area (Å²) in [6.45, 7) is 8.48. The molecule has 1 fully saturated rings. The zero-order valence-electron chi connectivity index (χ0n) is 9.40. The van der Waals surface area contributed by atoms with Crippen LogP contribution in [0.25, 0.3) is 0 Å². The Morgan fingerprint density at radius 3 is 2.21 bits per heavy atom.